The lowest BCUT2D eigenvalue weighted by Gasteiger charge is -2.23. The minimum Gasteiger partial charge on any atom is -0.457 e. The Labute approximate surface area is 196 Å². The molecule has 0 aliphatic carbocycles. The lowest BCUT2D eigenvalue weighted by atomic mass is 10.1. The molecule has 0 aliphatic rings. The summed E-state index contributed by atoms with van der Waals surface area (Å²) in [5.74, 6) is 1.55. The lowest BCUT2D eigenvalue weighted by molar-refractivity contribution is 0.0739. The number of aromatic nitrogens is 2. The van der Waals surface area contributed by atoms with Crippen molar-refractivity contribution in [2.24, 2.45) is 0 Å². The zero-order valence-electron chi connectivity index (χ0n) is 17.6. The number of hydrogen-bond donors (Lipinski definition) is 0. The molecule has 3 aromatic carbocycles. The molecule has 0 aliphatic heterocycles. The van der Waals surface area contributed by atoms with Crippen molar-refractivity contribution in [3.8, 4) is 11.5 Å². The summed E-state index contributed by atoms with van der Waals surface area (Å²) in [5, 5.41) is 0. The van der Waals surface area contributed by atoms with Crippen molar-refractivity contribution in [3.63, 3.8) is 0 Å². The van der Waals surface area contributed by atoms with E-state index in [1.54, 1.807) is 12.5 Å². The SMILES string of the molecule is O=C(c1ccc(Br)cc1)N(CCCn1ccnc1)Cc1cccc(Oc2ccccc2)c1. The highest BCUT2D eigenvalue weighted by Gasteiger charge is 2.16. The van der Waals surface area contributed by atoms with E-state index >= 15 is 0 Å². The topological polar surface area (TPSA) is 47.4 Å². The van der Waals surface area contributed by atoms with Crippen molar-refractivity contribution in [1.82, 2.24) is 14.5 Å². The fourth-order valence-corrected chi connectivity index (χ4v) is 3.71. The number of ether oxygens (including phenoxy) is 1. The summed E-state index contributed by atoms with van der Waals surface area (Å²) >= 11 is 3.44. The molecule has 6 heteroatoms. The third-order valence-corrected chi connectivity index (χ3v) is 5.56. The number of benzene rings is 3. The van der Waals surface area contributed by atoms with Crippen molar-refractivity contribution < 1.29 is 9.53 Å². The molecule has 32 heavy (non-hydrogen) atoms. The second kappa shape index (κ2) is 10.8. The maximum absolute atomic E-state index is 13.3. The number of para-hydroxylation sites is 1. The fourth-order valence-electron chi connectivity index (χ4n) is 3.44. The molecule has 4 aromatic rings. The summed E-state index contributed by atoms with van der Waals surface area (Å²) in [6, 6.07) is 25.1. The summed E-state index contributed by atoms with van der Waals surface area (Å²) < 4.78 is 8.94. The molecule has 0 saturated carbocycles. The van der Waals surface area contributed by atoms with E-state index in [0.29, 0.717) is 18.7 Å². The molecule has 0 unspecified atom stereocenters. The zero-order chi connectivity index (χ0) is 22.2. The average molecular weight is 490 g/mol. The van der Waals surface area contributed by atoms with Crippen LogP contribution in [0.15, 0.2) is 102 Å². The average Bonchev–Trinajstić information content (AvgIpc) is 3.33. The standard InChI is InChI=1S/C26H24BrN3O2/c27-23-12-10-22(11-13-23)26(31)30(16-5-15-29-17-14-28-20-29)19-21-6-4-9-25(18-21)32-24-7-2-1-3-8-24/h1-4,6-14,17-18,20H,5,15-16,19H2. The molecule has 0 radical (unpaired) electrons. The minimum absolute atomic E-state index is 0.0116. The minimum atomic E-state index is 0.0116. The van der Waals surface area contributed by atoms with Gasteiger partial charge in [0.25, 0.3) is 5.91 Å². The molecule has 0 bridgehead atoms. The van der Waals surface area contributed by atoms with Crippen LogP contribution in [0.3, 0.4) is 0 Å². The van der Waals surface area contributed by atoms with Crippen LogP contribution < -0.4 is 4.74 Å². The Bertz CT molecular complexity index is 1130. The molecule has 1 aromatic heterocycles. The van der Waals surface area contributed by atoms with Gasteiger partial charge in [-0.25, -0.2) is 4.98 Å². The van der Waals surface area contributed by atoms with Crippen molar-refractivity contribution in [2.75, 3.05) is 6.54 Å². The third-order valence-electron chi connectivity index (χ3n) is 5.03. The second-order valence-electron chi connectivity index (χ2n) is 7.45. The van der Waals surface area contributed by atoms with Crippen LogP contribution >= 0.6 is 15.9 Å². The number of rotatable bonds is 9. The Balaban J connectivity index is 1.49. The van der Waals surface area contributed by atoms with E-state index in [2.05, 4.69) is 20.9 Å². The van der Waals surface area contributed by atoms with Crippen molar-refractivity contribution in [2.45, 2.75) is 19.5 Å². The molecule has 1 heterocycles. The Morgan fingerprint density at radius 2 is 1.75 bits per heavy atom. The molecule has 0 N–H and O–H groups in total. The van der Waals surface area contributed by atoms with E-state index in [1.165, 1.54) is 0 Å². The summed E-state index contributed by atoms with van der Waals surface area (Å²) in [5.41, 5.74) is 1.69. The highest BCUT2D eigenvalue weighted by atomic mass is 79.9. The van der Waals surface area contributed by atoms with E-state index in [4.69, 9.17) is 4.74 Å². The van der Waals surface area contributed by atoms with Gasteiger partial charge in [-0.15, -0.1) is 0 Å². The summed E-state index contributed by atoms with van der Waals surface area (Å²) in [6.07, 6.45) is 6.33. The molecule has 0 spiro atoms. The molecule has 4 rings (SSSR count). The van der Waals surface area contributed by atoms with E-state index < -0.39 is 0 Å². The molecule has 0 fully saturated rings. The van der Waals surface area contributed by atoms with Gasteiger partial charge < -0.3 is 14.2 Å². The third kappa shape index (κ3) is 6.08. The normalized spacial score (nSPS) is 10.7. The van der Waals surface area contributed by atoms with Gasteiger partial charge in [-0.1, -0.05) is 46.3 Å². The molecular weight excluding hydrogens is 466 g/mol. The van der Waals surface area contributed by atoms with E-state index in [0.717, 1.165) is 34.5 Å². The summed E-state index contributed by atoms with van der Waals surface area (Å²) in [4.78, 5) is 19.3. The van der Waals surface area contributed by atoms with Crippen LogP contribution in [0.1, 0.15) is 22.3 Å². The van der Waals surface area contributed by atoms with Crippen molar-refractivity contribution >= 4 is 21.8 Å². The van der Waals surface area contributed by atoms with Gasteiger partial charge in [0.05, 0.1) is 6.33 Å². The second-order valence-corrected chi connectivity index (χ2v) is 8.37. The smallest absolute Gasteiger partial charge is 0.254 e. The Hall–Kier alpha value is -3.38. The van der Waals surface area contributed by atoms with Gasteiger partial charge in [0.15, 0.2) is 0 Å². The van der Waals surface area contributed by atoms with Gasteiger partial charge in [0.2, 0.25) is 0 Å². The Morgan fingerprint density at radius 3 is 2.50 bits per heavy atom. The van der Waals surface area contributed by atoms with Crippen LogP contribution in [0.2, 0.25) is 0 Å². The summed E-state index contributed by atoms with van der Waals surface area (Å²) in [7, 11) is 0. The quantitative estimate of drug-likeness (QED) is 0.282. The van der Waals surface area contributed by atoms with Crippen LogP contribution in [-0.4, -0.2) is 26.9 Å². The zero-order valence-corrected chi connectivity index (χ0v) is 19.2. The van der Waals surface area contributed by atoms with E-state index in [9.17, 15) is 4.79 Å². The predicted molar refractivity (Wildman–Crippen MR) is 129 cm³/mol. The number of amides is 1. The number of nitrogens with zero attached hydrogens (tertiary/aromatic N) is 3. The number of hydrogen-bond acceptors (Lipinski definition) is 3. The number of halogens is 1. The van der Waals surface area contributed by atoms with Crippen LogP contribution in [0.5, 0.6) is 11.5 Å². The maximum Gasteiger partial charge on any atom is 0.254 e. The molecule has 0 atom stereocenters. The van der Waals surface area contributed by atoms with Gasteiger partial charge >= 0.3 is 0 Å². The molecule has 162 valence electrons. The van der Waals surface area contributed by atoms with Gasteiger partial charge in [-0.2, -0.15) is 0 Å². The van der Waals surface area contributed by atoms with Crippen LogP contribution in [0.25, 0.3) is 0 Å². The lowest BCUT2D eigenvalue weighted by Crippen LogP contribution is -2.32. The van der Waals surface area contributed by atoms with Crippen LogP contribution in [0.4, 0.5) is 0 Å². The molecule has 0 saturated heterocycles. The van der Waals surface area contributed by atoms with Crippen molar-refractivity contribution in [3.05, 3.63) is 113 Å². The number of aryl methyl sites for hydroxylation is 1. The highest BCUT2D eigenvalue weighted by molar-refractivity contribution is 9.10. The number of imidazole rings is 1. The number of carbonyl (C=O) groups is 1. The van der Waals surface area contributed by atoms with Crippen LogP contribution in [-0.2, 0) is 13.1 Å². The first-order valence-electron chi connectivity index (χ1n) is 10.5. The fraction of sp³-hybridized carbons (Fsp3) is 0.154. The predicted octanol–water partition coefficient (Wildman–Crippen LogP) is 6.17. The van der Waals surface area contributed by atoms with Gasteiger partial charge in [0.1, 0.15) is 11.5 Å². The first kappa shape index (κ1) is 21.8. The van der Waals surface area contributed by atoms with E-state index in [1.807, 2.05) is 94.5 Å². The first-order valence-corrected chi connectivity index (χ1v) is 11.3. The Kier molecular flexibility index (Phi) is 7.35. The van der Waals surface area contributed by atoms with E-state index in [-0.39, 0.29) is 5.91 Å². The highest BCUT2D eigenvalue weighted by Crippen LogP contribution is 2.23. The largest absolute Gasteiger partial charge is 0.457 e. The first-order chi connectivity index (χ1) is 15.7. The maximum atomic E-state index is 13.3. The molecule has 5 nitrogen and oxygen atoms in total. The van der Waals surface area contributed by atoms with Crippen molar-refractivity contribution in [1.29, 1.82) is 0 Å². The Morgan fingerprint density at radius 1 is 0.969 bits per heavy atom. The van der Waals surface area contributed by atoms with Gasteiger partial charge in [-0.05, 0) is 60.5 Å². The van der Waals surface area contributed by atoms with Gasteiger partial charge in [-0.3, -0.25) is 4.79 Å². The number of carbonyl (C=O) groups excluding carboxylic acids is 1. The van der Waals surface area contributed by atoms with Crippen LogP contribution in [0, 0.1) is 0 Å². The summed E-state index contributed by atoms with van der Waals surface area (Å²) in [6.45, 7) is 1.95. The molecule has 1 amide bonds. The van der Waals surface area contributed by atoms with Gasteiger partial charge in [0, 0.05) is 42.1 Å². The molecular formula is C26H24BrN3O2. The monoisotopic (exact) mass is 489 g/mol.